The van der Waals surface area contributed by atoms with Gasteiger partial charge in [-0.2, -0.15) is 5.10 Å². The summed E-state index contributed by atoms with van der Waals surface area (Å²) in [7, 11) is 3.49. The molecule has 0 spiro atoms. The minimum Gasteiger partial charge on any atom is -0.386 e. The second kappa shape index (κ2) is 8.87. The van der Waals surface area contributed by atoms with E-state index in [9.17, 15) is 5.11 Å². The quantitative estimate of drug-likeness (QED) is 0.370. The Kier molecular flexibility index (Phi) is 7.49. The summed E-state index contributed by atoms with van der Waals surface area (Å²) >= 11 is 0. The minimum atomic E-state index is -0.647. The average molecular weight is 434 g/mol. The highest BCUT2D eigenvalue weighted by Crippen LogP contribution is 2.11. The van der Waals surface area contributed by atoms with Crippen molar-refractivity contribution in [3.8, 4) is 0 Å². The van der Waals surface area contributed by atoms with Gasteiger partial charge in [-0.3, -0.25) is 9.67 Å². The third kappa shape index (κ3) is 5.20. The molecular formula is C14H23IN6O2. The van der Waals surface area contributed by atoms with Crippen molar-refractivity contribution in [1.82, 2.24) is 25.6 Å². The smallest absolute Gasteiger partial charge is 0.191 e. The standard InChI is InChI=1S/C14H22N6O2.HI/c1-9-12(10(2)22-19-9)6-16-14(15-3)17-7-13(21)11-5-18-20(4)8-11;/h5,8,13,21H,6-7H2,1-4H3,(H2,15,16,17);1H. The number of guanidine groups is 1. The molecule has 1 unspecified atom stereocenters. The van der Waals surface area contributed by atoms with Crippen LogP contribution in [0.5, 0.6) is 0 Å². The number of nitrogens with zero attached hydrogens (tertiary/aromatic N) is 4. The summed E-state index contributed by atoms with van der Waals surface area (Å²) in [6.07, 6.45) is 2.78. The van der Waals surface area contributed by atoms with Crippen LogP contribution in [0.1, 0.15) is 28.7 Å². The Balaban J connectivity index is 0.00000264. The fourth-order valence-corrected chi connectivity index (χ4v) is 2.07. The van der Waals surface area contributed by atoms with Crippen LogP contribution < -0.4 is 10.6 Å². The zero-order chi connectivity index (χ0) is 16.1. The van der Waals surface area contributed by atoms with Gasteiger partial charge in [-0.05, 0) is 13.8 Å². The van der Waals surface area contributed by atoms with Crippen molar-refractivity contribution in [2.75, 3.05) is 13.6 Å². The van der Waals surface area contributed by atoms with E-state index in [1.807, 2.05) is 20.9 Å². The van der Waals surface area contributed by atoms with Gasteiger partial charge in [0.15, 0.2) is 5.96 Å². The van der Waals surface area contributed by atoms with Crippen LogP contribution in [-0.4, -0.2) is 39.6 Å². The highest BCUT2D eigenvalue weighted by molar-refractivity contribution is 14.0. The van der Waals surface area contributed by atoms with Crippen LogP contribution in [0.15, 0.2) is 21.9 Å². The van der Waals surface area contributed by atoms with Gasteiger partial charge in [-0.15, -0.1) is 24.0 Å². The Morgan fingerprint density at radius 1 is 1.43 bits per heavy atom. The van der Waals surface area contributed by atoms with Crippen LogP contribution >= 0.6 is 24.0 Å². The highest BCUT2D eigenvalue weighted by atomic mass is 127. The molecule has 23 heavy (non-hydrogen) atoms. The zero-order valence-electron chi connectivity index (χ0n) is 13.7. The summed E-state index contributed by atoms with van der Waals surface area (Å²) in [5, 5.41) is 24.3. The van der Waals surface area contributed by atoms with E-state index in [0.717, 1.165) is 22.6 Å². The molecule has 0 radical (unpaired) electrons. The van der Waals surface area contributed by atoms with E-state index < -0.39 is 6.10 Å². The largest absolute Gasteiger partial charge is 0.386 e. The molecule has 2 aromatic heterocycles. The number of aliphatic hydroxyl groups excluding tert-OH is 1. The molecule has 1 atom stereocenters. The van der Waals surface area contributed by atoms with Crippen LogP contribution in [-0.2, 0) is 13.6 Å². The van der Waals surface area contributed by atoms with Gasteiger partial charge in [0.25, 0.3) is 0 Å². The first-order valence-electron chi connectivity index (χ1n) is 7.04. The van der Waals surface area contributed by atoms with E-state index >= 15 is 0 Å². The second-order valence-corrected chi connectivity index (χ2v) is 5.07. The summed E-state index contributed by atoms with van der Waals surface area (Å²) in [6.45, 7) is 4.67. The number of hydrogen-bond donors (Lipinski definition) is 3. The first-order valence-corrected chi connectivity index (χ1v) is 7.04. The number of aliphatic imine (C=N–C) groups is 1. The lowest BCUT2D eigenvalue weighted by Crippen LogP contribution is -2.39. The molecule has 0 amide bonds. The van der Waals surface area contributed by atoms with Gasteiger partial charge in [-0.25, -0.2) is 0 Å². The normalized spacial score (nSPS) is 12.7. The maximum Gasteiger partial charge on any atom is 0.191 e. The second-order valence-electron chi connectivity index (χ2n) is 5.07. The van der Waals surface area contributed by atoms with Crippen molar-refractivity contribution >= 4 is 29.9 Å². The number of aromatic nitrogens is 3. The van der Waals surface area contributed by atoms with Gasteiger partial charge in [0.2, 0.25) is 0 Å². The van der Waals surface area contributed by atoms with Gasteiger partial charge in [0, 0.05) is 44.5 Å². The van der Waals surface area contributed by atoms with Crippen LogP contribution in [0.25, 0.3) is 0 Å². The first kappa shape index (κ1) is 19.4. The fraction of sp³-hybridized carbons (Fsp3) is 0.500. The Morgan fingerprint density at radius 2 is 2.17 bits per heavy atom. The number of aryl methyl sites for hydroxylation is 3. The van der Waals surface area contributed by atoms with E-state index in [1.54, 1.807) is 24.1 Å². The molecule has 2 rings (SSSR count). The molecule has 0 saturated carbocycles. The van der Waals surface area contributed by atoms with Crippen molar-refractivity contribution < 1.29 is 9.63 Å². The lowest BCUT2D eigenvalue weighted by atomic mass is 10.2. The summed E-state index contributed by atoms with van der Waals surface area (Å²) in [4.78, 5) is 4.13. The molecule has 0 aliphatic rings. The number of hydrogen-bond acceptors (Lipinski definition) is 5. The molecule has 8 nitrogen and oxygen atoms in total. The topological polar surface area (TPSA) is 100 Å². The molecule has 128 valence electrons. The SMILES string of the molecule is CN=C(NCc1c(C)noc1C)NCC(O)c1cnn(C)c1.I. The fourth-order valence-electron chi connectivity index (χ4n) is 2.07. The van der Waals surface area contributed by atoms with E-state index in [0.29, 0.717) is 19.0 Å². The van der Waals surface area contributed by atoms with Crippen molar-refractivity contribution in [2.24, 2.45) is 12.0 Å². The average Bonchev–Trinajstić information content (AvgIpc) is 3.06. The number of aliphatic hydroxyl groups is 1. The molecule has 3 N–H and O–H groups in total. The lowest BCUT2D eigenvalue weighted by Gasteiger charge is -2.14. The molecule has 0 saturated heterocycles. The summed E-state index contributed by atoms with van der Waals surface area (Å²) < 4.78 is 6.78. The Bertz CT molecular complexity index is 632. The number of nitrogens with one attached hydrogen (secondary N) is 2. The Hall–Kier alpha value is -1.62. The number of halogens is 1. The first-order chi connectivity index (χ1) is 10.5. The van der Waals surface area contributed by atoms with Crippen molar-refractivity contribution in [3.63, 3.8) is 0 Å². The highest BCUT2D eigenvalue weighted by Gasteiger charge is 2.12. The van der Waals surface area contributed by atoms with E-state index in [1.165, 1.54) is 0 Å². The molecular weight excluding hydrogens is 411 g/mol. The molecule has 0 aromatic carbocycles. The molecule has 0 aliphatic carbocycles. The molecule has 9 heteroatoms. The zero-order valence-corrected chi connectivity index (χ0v) is 16.0. The van der Waals surface area contributed by atoms with Gasteiger partial charge in [0.1, 0.15) is 5.76 Å². The van der Waals surface area contributed by atoms with Crippen molar-refractivity contribution in [2.45, 2.75) is 26.5 Å². The number of rotatable bonds is 5. The van der Waals surface area contributed by atoms with Crippen LogP contribution in [0.3, 0.4) is 0 Å². The van der Waals surface area contributed by atoms with Gasteiger partial charge < -0.3 is 20.3 Å². The van der Waals surface area contributed by atoms with Gasteiger partial charge in [-0.1, -0.05) is 5.16 Å². The molecule has 0 fully saturated rings. The van der Waals surface area contributed by atoms with Gasteiger partial charge in [0.05, 0.1) is 18.0 Å². The molecule has 2 heterocycles. The van der Waals surface area contributed by atoms with E-state index in [4.69, 9.17) is 4.52 Å². The summed E-state index contributed by atoms with van der Waals surface area (Å²) in [6, 6.07) is 0. The predicted molar refractivity (Wildman–Crippen MR) is 97.8 cm³/mol. The third-order valence-electron chi connectivity index (χ3n) is 3.41. The molecule has 0 bridgehead atoms. The Labute approximate surface area is 152 Å². The van der Waals surface area contributed by atoms with Gasteiger partial charge >= 0.3 is 0 Å². The van der Waals surface area contributed by atoms with Crippen LogP contribution in [0, 0.1) is 13.8 Å². The van der Waals surface area contributed by atoms with Crippen molar-refractivity contribution in [1.29, 1.82) is 0 Å². The Morgan fingerprint density at radius 3 is 2.70 bits per heavy atom. The van der Waals surface area contributed by atoms with E-state index in [2.05, 4.69) is 25.9 Å². The lowest BCUT2D eigenvalue weighted by molar-refractivity contribution is 0.180. The predicted octanol–water partition coefficient (Wildman–Crippen LogP) is 1.04. The van der Waals surface area contributed by atoms with Crippen LogP contribution in [0.2, 0.25) is 0 Å². The molecule has 0 aliphatic heterocycles. The minimum absolute atomic E-state index is 0. The maximum atomic E-state index is 10.1. The van der Waals surface area contributed by atoms with E-state index in [-0.39, 0.29) is 24.0 Å². The summed E-state index contributed by atoms with van der Waals surface area (Å²) in [5.41, 5.74) is 2.63. The monoisotopic (exact) mass is 434 g/mol. The van der Waals surface area contributed by atoms with Crippen LogP contribution in [0.4, 0.5) is 0 Å². The summed E-state index contributed by atoms with van der Waals surface area (Å²) in [5.74, 6) is 1.39. The maximum absolute atomic E-state index is 10.1. The third-order valence-corrected chi connectivity index (χ3v) is 3.41. The van der Waals surface area contributed by atoms with Crippen molar-refractivity contribution in [3.05, 3.63) is 35.0 Å². The molecule has 2 aromatic rings.